The standard InChI is InChI=1S/C15H16N2OS/c1-11-2-8-14(9-3-11)19-10-12-4-6-13(7-5-12)15(18)17-16/h2-9H,10,16H2,1H3,(H,17,18). The van der Waals surface area contributed by atoms with Crippen LogP contribution in [0.5, 0.6) is 0 Å². The van der Waals surface area contributed by atoms with Crippen LogP contribution in [-0.4, -0.2) is 5.91 Å². The van der Waals surface area contributed by atoms with Crippen molar-refractivity contribution in [3.05, 3.63) is 65.2 Å². The van der Waals surface area contributed by atoms with Gasteiger partial charge in [0.05, 0.1) is 0 Å². The highest BCUT2D eigenvalue weighted by molar-refractivity contribution is 7.98. The summed E-state index contributed by atoms with van der Waals surface area (Å²) >= 11 is 1.78. The van der Waals surface area contributed by atoms with Crippen molar-refractivity contribution in [2.75, 3.05) is 0 Å². The van der Waals surface area contributed by atoms with Gasteiger partial charge in [-0.2, -0.15) is 0 Å². The zero-order valence-electron chi connectivity index (χ0n) is 10.7. The van der Waals surface area contributed by atoms with E-state index in [0.29, 0.717) is 5.56 Å². The van der Waals surface area contributed by atoms with E-state index in [9.17, 15) is 4.79 Å². The number of carbonyl (C=O) groups is 1. The van der Waals surface area contributed by atoms with Gasteiger partial charge in [-0.25, -0.2) is 5.84 Å². The molecule has 3 N–H and O–H groups in total. The van der Waals surface area contributed by atoms with E-state index >= 15 is 0 Å². The summed E-state index contributed by atoms with van der Waals surface area (Å²) < 4.78 is 0. The maximum Gasteiger partial charge on any atom is 0.265 e. The van der Waals surface area contributed by atoms with E-state index in [2.05, 4.69) is 36.6 Å². The molecule has 4 heteroatoms. The predicted molar refractivity (Wildman–Crippen MR) is 78.8 cm³/mol. The molecule has 2 rings (SSSR count). The zero-order chi connectivity index (χ0) is 13.7. The fourth-order valence-corrected chi connectivity index (χ4v) is 2.49. The molecule has 0 saturated heterocycles. The maximum absolute atomic E-state index is 11.3. The maximum atomic E-state index is 11.3. The van der Waals surface area contributed by atoms with Crippen LogP contribution in [0.15, 0.2) is 53.4 Å². The lowest BCUT2D eigenvalue weighted by Gasteiger charge is -2.04. The Bertz CT molecular complexity index is 549. The third-order valence-corrected chi connectivity index (χ3v) is 3.86. The van der Waals surface area contributed by atoms with Gasteiger partial charge in [0.1, 0.15) is 0 Å². The molecule has 0 saturated carbocycles. The van der Waals surface area contributed by atoms with Gasteiger partial charge in [-0.1, -0.05) is 29.8 Å². The summed E-state index contributed by atoms with van der Waals surface area (Å²) in [5, 5.41) is 0. The average molecular weight is 272 g/mol. The fraction of sp³-hybridized carbons (Fsp3) is 0.133. The highest BCUT2D eigenvalue weighted by atomic mass is 32.2. The van der Waals surface area contributed by atoms with Crippen molar-refractivity contribution in [1.82, 2.24) is 5.43 Å². The van der Waals surface area contributed by atoms with Crippen LogP contribution < -0.4 is 11.3 Å². The van der Waals surface area contributed by atoms with Crippen LogP contribution in [0, 0.1) is 6.92 Å². The molecule has 2 aromatic rings. The molecule has 0 spiro atoms. The van der Waals surface area contributed by atoms with E-state index in [1.807, 2.05) is 12.1 Å². The van der Waals surface area contributed by atoms with Crippen molar-refractivity contribution in [3.63, 3.8) is 0 Å². The fourth-order valence-electron chi connectivity index (χ4n) is 1.64. The van der Waals surface area contributed by atoms with Crippen LogP contribution in [-0.2, 0) is 5.75 Å². The lowest BCUT2D eigenvalue weighted by Crippen LogP contribution is -2.29. The summed E-state index contributed by atoms with van der Waals surface area (Å²) in [6, 6.07) is 15.9. The molecular weight excluding hydrogens is 256 g/mol. The SMILES string of the molecule is Cc1ccc(SCc2ccc(C(=O)NN)cc2)cc1. The molecule has 0 bridgehead atoms. The average Bonchev–Trinajstić information content (AvgIpc) is 2.46. The van der Waals surface area contributed by atoms with Crippen LogP contribution >= 0.6 is 11.8 Å². The van der Waals surface area contributed by atoms with Gasteiger partial charge in [0.2, 0.25) is 0 Å². The Kier molecular flexibility index (Phi) is 4.60. The number of carbonyl (C=O) groups excluding carboxylic acids is 1. The lowest BCUT2D eigenvalue weighted by molar-refractivity contribution is 0.0953. The van der Waals surface area contributed by atoms with Crippen molar-refractivity contribution < 1.29 is 4.79 Å². The van der Waals surface area contributed by atoms with Crippen molar-refractivity contribution in [2.24, 2.45) is 5.84 Å². The third-order valence-electron chi connectivity index (χ3n) is 2.77. The van der Waals surface area contributed by atoms with E-state index in [-0.39, 0.29) is 5.91 Å². The highest BCUT2D eigenvalue weighted by Crippen LogP contribution is 2.23. The number of aryl methyl sites for hydroxylation is 1. The molecule has 0 unspecified atom stereocenters. The zero-order valence-corrected chi connectivity index (χ0v) is 11.5. The van der Waals surface area contributed by atoms with Crippen molar-refractivity contribution in [3.8, 4) is 0 Å². The first-order chi connectivity index (χ1) is 9.19. The van der Waals surface area contributed by atoms with Crippen molar-refractivity contribution in [2.45, 2.75) is 17.6 Å². The topological polar surface area (TPSA) is 55.1 Å². The quantitative estimate of drug-likeness (QED) is 0.389. The number of nitrogen functional groups attached to an aromatic ring is 1. The normalized spacial score (nSPS) is 10.2. The second-order valence-corrected chi connectivity index (χ2v) is 5.32. The summed E-state index contributed by atoms with van der Waals surface area (Å²) in [7, 11) is 0. The largest absolute Gasteiger partial charge is 0.290 e. The second kappa shape index (κ2) is 6.41. The van der Waals surface area contributed by atoms with Gasteiger partial charge < -0.3 is 0 Å². The molecule has 0 atom stereocenters. The number of hydrazine groups is 1. The summed E-state index contributed by atoms with van der Waals surface area (Å²) in [5.41, 5.74) is 5.14. The first-order valence-corrected chi connectivity index (χ1v) is 6.97. The van der Waals surface area contributed by atoms with Crippen LogP contribution in [0.25, 0.3) is 0 Å². The minimum Gasteiger partial charge on any atom is -0.290 e. The molecule has 0 heterocycles. The minimum atomic E-state index is -0.266. The van der Waals surface area contributed by atoms with E-state index in [0.717, 1.165) is 5.75 Å². The molecule has 0 radical (unpaired) electrons. The van der Waals surface area contributed by atoms with E-state index in [1.165, 1.54) is 16.0 Å². The molecule has 0 aromatic heterocycles. The van der Waals surface area contributed by atoms with Gasteiger partial charge in [0, 0.05) is 16.2 Å². The predicted octanol–water partition coefficient (Wildman–Crippen LogP) is 2.89. The summed E-state index contributed by atoms with van der Waals surface area (Å²) in [6.45, 7) is 2.08. The molecule has 19 heavy (non-hydrogen) atoms. The van der Waals surface area contributed by atoms with Gasteiger partial charge in [0.25, 0.3) is 5.91 Å². The van der Waals surface area contributed by atoms with Gasteiger partial charge >= 0.3 is 0 Å². The van der Waals surface area contributed by atoms with Crippen molar-refractivity contribution >= 4 is 17.7 Å². The molecule has 3 nitrogen and oxygen atoms in total. The van der Waals surface area contributed by atoms with Gasteiger partial charge in [-0.05, 0) is 36.8 Å². The van der Waals surface area contributed by atoms with Crippen LogP contribution in [0.1, 0.15) is 21.5 Å². The summed E-state index contributed by atoms with van der Waals surface area (Å²) in [6.07, 6.45) is 0. The van der Waals surface area contributed by atoms with Crippen LogP contribution in [0.3, 0.4) is 0 Å². The Balaban J connectivity index is 1.96. The van der Waals surface area contributed by atoms with Crippen LogP contribution in [0.2, 0.25) is 0 Å². The molecule has 98 valence electrons. The van der Waals surface area contributed by atoms with Gasteiger partial charge in [-0.15, -0.1) is 11.8 Å². The van der Waals surface area contributed by atoms with Crippen LogP contribution in [0.4, 0.5) is 0 Å². The Labute approximate surface area is 117 Å². The summed E-state index contributed by atoms with van der Waals surface area (Å²) in [4.78, 5) is 12.5. The molecule has 0 aliphatic carbocycles. The number of hydrogen-bond donors (Lipinski definition) is 2. The first kappa shape index (κ1) is 13.6. The van der Waals surface area contributed by atoms with Crippen molar-refractivity contribution in [1.29, 1.82) is 0 Å². The summed E-state index contributed by atoms with van der Waals surface area (Å²) in [5.74, 6) is 5.70. The Hall–Kier alpha value is -1.78. The van der Waals surface area contributed by atoms with E-state index in [4.69, 9.17) is 5.84 Å². The molecule has 1 amide bonds. The van der Waals surface area contributed by atoms with Gasteiger partial charge in [0.15, 0.2) is 0 Å². The number of thioether (sulfide) groups is 1. The highest BCUT2D eigenvalue weighted by Gasteiger charge is 2.03. The molecule has 0 aliphatic heterocycles. The molecule has 0 fully saturated rings. The number of rotatable bonds is 4. The monoisotopic (exact) mass is 272 g/mol. The van der Waals surface area contributed by atoms with Gasteiger partial charge in [-0.3, -0.25) is 10.2 Å². The smallest absolute Gasteiger partial charge is 0.265 e. The Morgan fingerprint density at radius 3 is 2.32 bits per heavy atom. The Morgan fingerprint density at radius 1 is 1.11 bits per heavy atom. The first-order valence-electron chi connectivity index (χ1n) is 5.98. The number of nitrogens with two attached hydrogens (primary N) is 1. The van der Waals surface area contributed by atoms with E-state index < -0.39 is 0 Å². The number of hydrogen-bond acceptors (Lipinski definition) is 3. The molecule has 0 aliphatic rings. The second-order valence-electron chi connectivity index (χ2n) is 4.27. The number of benzene rings is 2. The lowest BCUT2D eigenvalue weighted by atomic mass is 10.1. The molecule has 2 aromatic carbocycles. The Morgan fingerprint density at radius 2 is 1.74 bits per heavy atom. The molecular formula is C15H16N2OS. The third kappa shape index (κ3) is 3.84. The number of nitrogens with one attached hydrogen (secondary N) is 1. The minimum absolute atomic E-state index is 0.266. The van der Waals surface area contributed by atoms with E-state index in [1.54, 1.807) is 23.9 Å². The number of amides is 1.